The third-order valence-electron chi connectivity index (χ3n) is 3.34. The zero-order chi connectivity index (χ0) is 14.0. The van der Waals surface area contributed by atoms with E-state index in [1.165, 1.54) is 22.9 Å². The third-order valence-corrected chi connectivity index (χ3v) is 3.34. The molecule has 104 valence electrons. The fraction of sp³-hybridized carbons (Fsp3) is 0.538. The van der Waals surface area contributed by atoms with Crippen LogP contribution < -0.4 is 11.3 Å². The van der Waals surface area contributed by atoms with Crippen LogP contribution in [0, 0.1) is 0 Å². The van der Waals surface area contributed by atoms with E-state index in [2.05, 4.69) is 0 Å². The molecular formula is C13H19N3O3. The first-order chi connectivity index (χ1) is 8.87. The van der Waals surface area contributed by atoms with Crippen molar-refractivity contribution in [1.29, 1.82) is 0 Å². The molecule has 1 aliphatic rings. The lowest BCUT2D eigenvalue weighted by Crippen LogP contribution is -2.49. The molecule has 1 unspecified atom stereocenters. The van der Waals surface area contributed by atoms with Crippen LogP contribution in [0.4, 0.5) is 5.69 Å². The molecule has 0 bridgehead atoms. The van der Waals surface area contributed by atoms with Crippen LogP contribution in [0.5, 0.6) is 0 Å². The molecule has 6 nitrogen and oxygen atoms in total. The van der Waals surface area contributed by atoms with Crippen LogP contribution in [-0.2, 0) is 11.3 Å². The predicted molar refractivity (Wildman–Crippen MR) is 71.6 cm³/mol. The van der Waals surface area contributed by atoms with Crippen molar-refractivity contribution < 1.29 is 9.90 Å². The second-order valence-electron chi connectivity index (χ2n) is 5.34. The van der Waals surface area contributed by atoms with Crippen LogP contribution in [0.3, 0.4) is 0 Å². The molecule has 1 aromatic rings. The molecular weight excluding hydrogens is 246 g/mol. The van der Waals surface area contributed by atoms with E-state index in [0.29, 0.717) is 25.2 Å². The van der Waals surface area contributed by atoms with Gasteiger partial charge < -0.3 is 20.3 Å². The molecule has 6 heteroatoms. The number of aliphatic hydroxyl groups is 1. The Kier molecular flexibility index (Phi) is 3.61. The van der Waals surface area contributed by atoms with Gasteiger partial charge >= 0.3 is 0 Å². The molecule has 0 radical (unpaired) electrons. The standard InChI is InChI=1S/C13H19N3O3/c1-13(19)5-2-6-15(9-13)12(18)8-16-7-10(14)3-4-11(16)17/h3-4,7,19H,2,5-6,8-9,14H2,1H3. The number of nitrogens with two attached hydrogens (primary N) is 1. The number of amides is 1. The van der Waals surface area contributed by atoms with Gasteiger partial charge in [0, 0.05) is 31.0 Å². The first-order valence-electron chi connectivity index (χ1n) is 6.33. The lowest BCUT2D eigenvalue weighted by Gasteiger charge is -2.36. The summed E-state index contributed by atoms with van der Waals surface area (Å²) in [4.78, 5) is 25.3. The second kappa shape index (κ2) is 5.05. The number of nitrogens with zero attached hydrogens (tertiary/aromatic N) is 2. The van der Waals surface area contributed by atoms with Gasteiger partial charge in [0.15, 0.2) is 0 Å². The van der Waals surface area contributed by atoms with Gasteiger partial charge in [-0.1, -0.05) is 0 Å². The third kappa shape index (κ3) is 3.35. The topological polar surface area (TPSA) is 88.6 Å². The zero-order valence-corrected chi connectivity index (χ0v) is 11.0. The van der Waals surface area contributed by atoms with Gasteiger partial charge in [-0.25, -0.2) is 0 Å². The van der Waals surface area contributed by atoms with E-state index < -0.39 is 5.60 Å². The van der Waals surface area contributed by atoms with Crippen LogP contribution in [0.1, 0.15) is 19.8 Å². The first-order valence-corrected chi connectivity index (χ1v) is 6.33. The predicted octanol–water partition coefficient (Wildman–Crippen LogP) is -0.196. The molecule has 19 heavy (non-hydrogen) atoms. The summed E-state index contributed by atoms with van der Waals surface area (Å²) in [6, 6.07) is 2.85. The molecule has 0 aromatic carbocycles. The van der Waals surface area contributed by atoms with E-state index in [-0.39, 0.29) is 18.0 Å². The summed E-state index contributed by atoms with van der Waals surface area (Å²) >= 11 is 0. The van der Waals surface area contributed by atoms with Crippen molar-refractivity contribution in [3.8, 4) is 0 Å². The summed E-state index contributed by atoms with van der Waals surface area (Å²) in [5.41, 5.74) is 4.95. The maximum Gasteiger partial charge on any atom is 0.251 e. The molecule has 0 saturated carbocycles. The number of rotatable bonds is 2. The van der Waals surface area contributed by atoms with Crippen LogP contribution in [0.15, 0.2) is 23.1 Å². The quantitative estimate of drug-likeness (QED) is 0.775. The van der Waals surface area contributed by atoms with Crippen molar-refractivity contribution in [3.05, 3.63) is 28.7 Å². The summed E-state index contributed by atoms with van der Waals surface area (Å²) < 4.78 is 1.29. The minimum absolute atomic E-state index is 0.0417. The molecule has 2 rings (SSSR count). The van der Waals surface area contributed by atoms with Crippen molar-refractivity contribution in [1.82, 2.24) is 9.47 Å². The minimum atomic E-state index is -0.839. The highest BCUT2D eigenvalue weighted by Crippen LogP contribution is 2.20. The van der Waals surface area contributed by atoms with Crippen molar-refractivity contribution in [3.63, 3.8) is 0 Å². The zero-order valence-electron chi connectivity index (χ0n) is 11.0. The Morgan fingerprint density at radius 1 is 1.53 bits per heavy atom. The number of pyridine rings is 1. The van der Waals surface area contributed by atoms with Crippen LogP contribution in [0.25, 0.3) is 0 Å². The van der Waals surface area contributed by atoms with Crippen molar-refractivity contribution in [2.45, 2.75) is 31.9 Å². The van der Waals surface area contributed by atoms with Crippen molar-refractivity contribution in [2.75, 3.05) is 18.8 Å². The summed E-state index contributed by atoms with van der Waals surface area (Å²) in [5, 5.41) is 9.98. The molecule has 1 aliphatic heterocycles. The SMILES string of the molecule is CC1(O)CCCN(C(=O)Cn2cc(N)ccc2=O)C1. The normalized spacial score (nSPS) is 23.4. The number of carbonyl (C=O) groups is 1. The number of nitrogen functional groups attached to an aromatic ring is 1. The fourth-order valence-corrected chi connectivity index (χ4v) is 2.35. The monoisotopic (exact) mass is 265 g/mol. The molecule has 3 N–H and O–H groups in total. The summed E-state index contributed by atoms with van der Waals surface area (Å²) in [6.07, 6.45) is 2.92. The highest BCUT2D eigenvalue weighted by Gasteiger charge is 2.30. The van der Waals surface area contributed by atoms with Gasteiger partial charge in [0.2, 0.25) is 5.91 Å². The average Bonchev–Trinajstić information content (AvgIpc) is 2.32. The Labute approximate surface area is 111 Å². The number of β-amino-alcohol motifs (C(OH)–C–C–N with tert-alkyl or cyclic N) is 1. The summed E-state index contributed by atoms with van der Waals surface area (Å²) in [6.45, 7) is 2.61. The van der Waals surface area contributed by atoms with E-state index in [1.807, 2.05) is 0 Å². The largest absolute Gasteiger partial charge is 0.398 e. The number of hydrogen-bond acceptors (Lipinski definition) is 4. The van der Waals surface area contributed by atoms with Crippen LogP contribution >= 0.6 is 0 Å². The maximum atomic E-state index is 12.1. The Morgan fingerprint density at radius 2 is 2.26 bits per heavy atom. The molecule has 1 atom stereocenters. The Balaban J connectivity index is 2.09. The lowest BCUT2D eigenvalue weighted by atomic mass is 9.95. The van der Waals surface area contributed by atoms with Gasteiger partial charge in [0.05, 0.1) is 5.60 Å². The molecule has 1 amide bonds. The molecule has 0 spiro atoms. The number of aromatic nitrogens is 1. The van der Waals surface area contributed by atoms with Crippen molar-refractivity contribution >= 4 is 11.6 Å². The average molecular weight is 265 g/mol. The molecule has 1 fully saturated rings. The maximum absolute atomic E-state index is 12.1. The number of anilines is 1. The summed E-state index contributed by atoms with van der Waals surface area (Å²) in [7, 11) is 0. The van der Waals surface area contributed by atoms with Gasteiger partial charge in [-0.2, -0.15) is 0 Å². The van der Waals surface area contributed by atoms with E-state index in [0.717, 1.165) is 6.42 Å². The van der Waals surface area contributed by atoms with Gasteiger partial charge in [-0.05, 0) is 25.8 Å². The van der Waals surface area contributed by atoms with Crippen molar-refractivity contribution in [2.24, 2.45) is 0 Å². The highest BCUT2D eigenvalue weighted by molar-refractivity contribution is 5.76. The lowest BCUT2D eigenvalue weighted by molar-refractivity contribution is -0.138. The van der Waals surface area contributed by atoms with Crippen LogP contribution in [0.2, 0.25) is 0 Å². The van der Waals surface area contributed by atoms with Gasteiger partial charge in [-0.15, -0.1) is 0 Å². The van der Waals surface area contributed by atoms with Crippen LogP contribution in [-0.4, -0.2) is 39.2 Å². The first kappa shape index (κ1) is 13.6. The van der Waals surface area contributed by atoms with Gasteiger partial charge in [-0.3, -0.25) is 9.59 Å². The molecule has 1 saturated heterocycles. The Bertz CT molecular complexity index is 536. The Hall–Kier alpha value is -1.82. The summed E-state index contributed by atoms with van der Waals surface area (Å²) in [5.74, 6) is -0.173. The van der Waals surface area contributed by atoms with E-state index >= 15 is 0 Å². The van der Waals surface area contributed by atoms with E-state index in [1.54, 1.807) is 11.8 Å². The number of hydrogen-bond donors (Lipinski definition) is 2. The smallest absolute Gasteiger partial charge is 0.251 e. The van der Waals surface area contributed by atoms with Gasteiger partial charge in [0.25, 0.3) is 5.56 Å². The number of piperidine rings is 1. The molecule has 1 aromatic heterocycles. The minimum Gasteiger partial charge on any atom is -0.398 e. The second-order valence-corrected chi connectivity index (χ2v) is 5.34. The van der Waals surface area contributed by atoms with Gasteiger partial charge in [0.1, 0.15) is 6.54 Å². The highest BCUT2D eigenvalue weighted by atomic mass is 16.3. The number of carbonyl (C=O) groups excluding carboxylic acids is 1. The van der Waals surface area contributed by atoms with E-state index in [4.69, 9.17) is 5.73 Å². The van der Waals surface area contributed by atoms with E-state index in [9.17, 15) is 14.7 Å². The number of likely N-dealkylation sites (tertiary alicyclic amines) is 1. The fourth-order valence-electron chi connectivity index (χ4n) is 2.35. The molecule has 0 aliphatic carbocycles. The molecule has 2 heterocycles. The Morgan fingerprint density at radius 3 is 2.95 bits per heavy atom.